The van der Waals surface area contributed by atoms with Crippen LogP contribution in [0, 0.1) is 0 Å². The summed E-state index contributed by atoms with van der Waals surface area (Å²) in [5.41, 5.74) is 2.39. The molecule has 0 unspecified atom stereocenters. The number of benzene rings is 1. The maximum atomic E-state index is 12.2. The smallest absolute Gasteiger partial charge is 0.291 e. The van der Waals surface area contributed by atoms with E-state index in [4.69, 9.17) is 20.4 Å². The fraction of sp³-hybridized carbons (Fsp3) is 0. The number of hydrogen-bond acceptors (Lipinski definition) is 5. The summed E-state index contributed by atoms with van der Waals surface area (Å²) in [4.78, 5) is 20.6. The molecular formula is C17H9BrClN3O3. The first-order valence-electron chi connectivity index (χ1n) is 7.17. The van der Waals surface area contributed by atoms with Crippen LogP contribution in [0.3, 0.4) is 0 Å². The summed E-state index contributed by atoms with van der Waals surface area (Å²) in [6, 6.07) is 10.1. The maximum Gasteiger partial charge on any atom is 0.291 e. The van der Waals surface area contributed by atoms with Gasteiger partial charge in [0.2, 0.25) is 5.89 Å². The zero-order valence-corrected chi connectivity index (χ0v) is 14.8. The molecule has 1 aromatic carbocycles. The Labute approximate surface area is 155 Å². The van der Waals surface area contributed by atoms with Gasteiger partial charge in [0.05, 0.1) is 16.9 Å². The number of carbonyl (C=O) groups is 1. The molecule has 3 heterocycles. The quantitative estimate of drug-likeness (QED) is 0.497. The number of aromatic nitrogens is 2. The minimum absolute atomic E-state index is 0.168. The van der Waals surface area contributed by atoms with Crippen LogP contribution in [-0.2, 0) is 0 Å². The Morgan fingerprint density at radius 2 is 2.04 bits per heavy atom. The van der Waals surface area contributed by atoms with Crippen LogP contribution in [0.1, 0.15) is 10.6 Å². The molecule has 1 amide bonds. The van der Waals surface area contributed by atoms with E-state index in [1.54, 1.807) is 48.8 Å². The van der Waals surface area contributed by atoms with Crippen LogP contribution in [0.2, 0.25) is 5.02 Å². The van der Waals surface area contributed by atoms with Crippen molar-refractivity contribution in [3.8, 4) is 11.5 Å². The Morgan fingerprint density at radius 1 is 1.16 bits per heavy atom. The van der Waals surface area contributed by atoms with Crippen LogP contribution >= 0.6 is 27.5 Å². The standard InChI is InChI=1S/C17H9BrClN3O3/c18-15-4-3-14(24-15)16(23)21-11-7-9(1-2-10(11)19)17-22-12-8-20-6-5-13(12)25-17/h1-8H,(H,21,23). The van der Waals surface area contributed by atoms with Crippen molar-refractivity contribution in [3.63, 3.8) is 0 Å². The van der Waals surface area contributed by atoms with E-state index in [0.29, 0.717) is 37.9 Å². The summed E-state index contributed by atoms with van der Waals surface area (Å²) < 4.78 is 11.4. The lowest BCUT2D eigenvalue weighted by molar-refractivity contribution is 0.0995. The lowest BCUT2D eigenvalue weighted by Crippen LogP contribution is -2.11. The van der Waals surface area contributed by atoms with Crippen LogP contribution in [-0.4, -0.2) is 15.9 Å². The summed E-state index contributed by atoms with van der Waals surface area (Å²) in [5, 5.41) is 3.11. The van der Waals surface area contributed by atoms with Gasteiger partial charge in [0.1, 0.15) is 5.52 Å². The highest BCUT2D eigenvalue weighted by atomic mass is 79.9. The van der Waals surface area contributed by atoms with Crippen molar-refractivity contribution >= 4 is 50.2 Å². The molecule has 0 saturated heterocycles. The summed E-state index contributed by atoms with van der Waals surface area (Å²) in [6.45, 7) is 0. The molecule has 0 aliphatic carbocycles. The number of amides is 1. The van der Waals surface area contributed by atoms with E-state index in [2.05, 4.69) is 31.2 Å². The minimum Gasteiger partial charge on any atom is -0.444 e. The fourth-order valence-electron chi connectivity index (χ4n) is 2.28. The molecular weight excluding hydrogens is 410 g/mol. The molecule has 0 spiro atoms. The van der Waals surface area contributed by atoms with Crippen molar-refractivity contribution in [2.75, 3.05) is 5.32 Å². The Morgan fingerprint density at radius 3 is 2.80 bits per heavy atom. The van der Waals surface area contributed by atoms with Crippen LogP contribution in [0.25, 0.3) is 22.6 Å². The highest BCUT2D eigenvalue weighted by molar-refractivity contribution is 9.10. The maximum absolute atomic E-state index is 12.2. The van der Waals surface area contributed by atoms with Crippen molar-refractivity contribution in [1.29, 1.82) is 0 Å². The topological polar surface area (TPSA) is 81.2 Å². The SMILES string of the molecule is O=C(Nc1cc(-c2nc3cnccc3o2)ccc1Cl)c1ccc(Br)o1. The van der Waals surface area contributed by atoms with Gasteiger partial charge in [0, 0.05) is 17.8 Å². The second kappa shape index (κ2) is 6.34. The van der Waals surface area contributed by atoms with Crippen LogP contribution in [0.15, 0.2) is 62.3 Å². The number of pyridine rings is 1. The van der Waals surface area contributed by atoms with Gasteiger partial charge in [-0.2, -0.15) is 0 Å². The molecule has 8 heteroatoms. The van der Waals surface area contributed by atoms with Gasteiger partial charge in [-0.25, -0.2) is 4.98 Å². The third-order valence-corrected chi connectivity index (χ3v) is 4.20. The van der Waals surface area contributed by atoms with Gasteiger partial charge in [0.15, 0.2) is 16.0 Å². The van der Waals surface area contributed by atoms with Gasteiger partial charge in [-0.05, 0) is 46.3 Å². The first-order valence-corrected chi connectivity index (χ1v) is 8.34. The number of halogens is 2. The Bertz CT molecular complexity index is 1060. The molecule has 6 nitrogen and oxygen atoms in total. The largest absolute Gasteiger partial charge is 0.444 e. The second-order valence-electron chi connectivity index (χ2n) is 5.11. The number of nitrogens with zero attached hydrogens (tertiary/aromatic N) is 2. The Hall–Kier alpha value is -2.64. The van der Waals surface area contributed by atoms with E-state index < -0.39 is 5.91 Å². The zero-order valence-electron chi connectivity index (χ0n) is 12.5. The molecule has 0 saturated carbocycles. The monoisotopic (exact) mass is 417 g/mol. The first-order chi connectivity index (χ1) is 12.1. The van der Waals surface area contributed by atoms with Crippen LogP contribution < -0.4 is 5.32 Å². The van der Waals surface area contributed by atoms with Gasteiger partial charge >= 0.3 is 0 Å². The number of nitrogens with one attached hydrogen (secondary N) is 1. The number of hydrogen-bond donors (Lipinski definition) is 1. The summed E-state index contributed by atoms with van der Waals surface area (Å²) in [5.74, 6) is 0.170. The molecule has 3 aromatic heterocycles. The van der Waals surface area contributed by atoms with Crippen molar-refractivity contribution in [3.05, 3.63) is 64.2 Å². The molecule has 25 heavy (non-hydrogen) atoms. The predicted octanol–water partition coefficient (Wildman–Crippen LogP) is 5.15. The molecule has 0 bridgehead atoms. The Balaban J connectivity index is 1.67. The number of carbonyl (C=O) groups excluding carboxylic acids is 1. The third-order valence-electron chi connectivity index (χ3n) is 3.45. The van der Waals surface area contributed by atoms with Gasteiger partial charge in [0.25, 0.3) is 5.91 Å². The fourth-order valence-corrected chi connectivity index (χ4v) is 2.75. The normalized spacial score (nSPS) is 11.0. The van der Waals surface area contributed by atoms with E-state index in [-0.39, 0.29) is 5.76 Å². The lowest BCUT2D eigenvalue weighted by Gasteiger charge is -2.07. The van der Waals surface area contributed by atoms with E-state index in [9.17, 15) is 4.79 Å². The lowest BCUT2D eigenvalue weighted by atomic mass is 10.2. The van der Waals surface area contributed by atoms with Crippen molar-refractivity contribution < 1.29 is 13.6 Å². The summed E-state index contributed by atoms with van der Waals surface area (Å²) in [7, 11) is 0. The molecule has 0 aliphatic heterocycles. The molecule has 0 radical (unpaired) electrons. The van der Waals surface area contributed by atoms with E-state index in [1.807, 2.05) is 0 Å². The van der Waals surface area contributed by atoms with Crippen LogP contribution in [0.5, 0.6) is 0 Å². The van der Waals surface area contributed by atoms with E-state index in [1.165, 1.54) is 0 Å². The highest BCUT2D eigenvalue weighted by Crippen LogP contribution is 2.30. The van der Waals surface area contributed by atoms with E-state index >= 15 is 0 Å². The predicted molar refractivity (Wildman–Crippen MR) is 96.6 cm³/mol. The average molecular weight is 419 g/mol. The zero-order chi connectivity index (χ0) is 17.4. The van der Waals surface area contributed by atoms with Gasteiger partial charge < -0.3 is 14.2 Å². The van der Waals surface area contributed by atoms with Gasteiger partial charge in [-0.3, -0.25) is 9.78 Å². The highest BCUT2D eigenvalue weighted by Gasteiger charge is 2.15. The van der Waals surface area contributed by atoms with Gasteiger partial charge in [-0.15, -0.1) is 0 Å². The van der Waals surface area contributed by atoms with Crippen molar-refractivity contribution in [1.82, 2.24) is 9.97 Å². The molecule has 0 aliphatic rings. The molecule has 4 aromatic rings. The van der Waals surface area contributed by atoms with Crippen molar-refractivity contribution in [2.24, 2.45) is 0 Å². The number of fused-ring (bicyclic) bond motifs is 1. The molecule has 0 fully saturated rings. The molecule has 1 N–H and O–H groups in total. The third kappa shape index (κ3) is 3.16. The Kier molecular flexibility index (Phi) is 4.03. The van der Waals surface area contributed by atoms with Crippen LogP contribution in [0.4, 0.5) is 5.69 Å². The van der Waals surface area contributed by atoms with Gasteiger partial charge in [-0.1, -0.05) is 11.6 Å². The first kappa shape index (κ1) is 15.9. The summed E-state index contributed by atoms with van der Waals surface area (Å²) in [6.07, 6.45) is 3.25. The number of rotatable bonds is 3. The molecule has 4 rings (SSSR count). The van der Waals surface area contributed by atoms with E-state index in [0.717, 1.165) is 0 Å². The average Bonchev–Trinajstić information content (AvgIpc) is 3.23. The van der Waals surface area contributed by atoms with Crippen molar-refractivity contribution in [2.45, 2.75) is 0 Å². The molecule has 0 atom stereocenters. The number of furan rings is 1. The minimum atomic E-state index is -0.411. The second-order valence-corrected chi connectivity index (χ2v) is 6.30. The number of anilines is 1. The molecule has 124 valence electrons. The summed E-state index contributed by atoms with van der Waals surface area (Å²) >= 11 is 9.34. The number of oxazole rings is 1.